The topological polar surface area (TPSA) is 25.2 Å². The molecule has 1 aromatic heterocycles. The Morgan fingerprint density at radius 1 is 1.43 bits per heavy atom. The Hall–Kier alpha value is -0.760. The van der Waals surface area contributed by atoms with Gasteiger partial charge in [-0.05, 0) is 43.5 Å². The van der Waals surface area contributed by atoms with Gasteiger partial charge in [-0.15, -0.1) is 0 Å². The second kappa shape index (κ2) is 6.66. The predicted molar refractivity (Wildman–Crippen MR) is 59.4 cm³/mol. The summed E-state index contributed by atoms with van der Waals surface area (Å²) in [7, 11) is 0. The summed E-state index contributed by atoms with van der Waals surface area (Å²) >= 11 is 0. The Morgan fingerprint density at radius 3 is 2.86 bits per heavy atom. The van der Waals surface area contributed by atoms with Gasteiger partial charge in [0.15, 0.2) is 0 Å². The van der Waals surface area contributed by atoms with Crippen molar-refractivity contribution in [1.82, 2.24) is 5.32 Å². The maximum atomic E-state index is 5.08. The molecule has 0 bridgehead atoms. The Morgan fingerprint density at radius 2 is 2.29 bits per heavy atom. The third kappa shape index (κ3) is 3.97. The summed E-state index contributed by atoms with van der Waals surface area (Å²) in [5.74, 6) is 0.748. The largest absolute Gasteiger partial charge is 0.472 e. The van der Waals surface area contributed by atoms with Gasteiger partial charge < -0.3 is 9.73 Å². The van der Waals surface area contributed by atoms with E-state index in [4.69, 9.17) is 4.42 Å². The smallest absolute Gasteiger partial charge is 0.0934 e. The lowest BCUT2D eigenvalue weighted by molar-refractivity contribution is 0.442. The van der Waals surface area contributed by atoms with E-state index < -0.39 is 0 Å². The van der Waals surface area contributed by atoms with E-state index in [1.54, 1.807) is 6.26 Å². The van der Waals surface area contributed by atoms with E-state index in [9.17, 15) is 0 Å². The number of rotatable bonds is 7. The van der Waals surface area contributed by atoms with Crippen molar-refractivity contribution < 1.29 is 4.42 Å². The molecule has 1 unspecified atom stereocenters. The molecule has 0 saturated carbocycles. The monoisotopic (exact) mass is 195 g/mol. The van der Waals surface area contributed by atoms with Crippen LogP contribution in [-0.4, -0.2) is 13.1 Å². The van der Waals surface area contributed by atoms with Crippen molar-refractivity contribution in [2.75, 3.05) is 13.1 Å². The molecule has 14 heavy (non-hydrogen) atoms. The second-order valence-electron chi connectivity index (χ2n) is 3.80. The average molecular weight is 195 g/mol. The van der Waals surface area contributed by atoms with E-state index in [1.165, 1.54) is 18.4 Å². The number of hydrogen-bond acceptors (Lipinski definition) is 2. The van der Waals surface area contributed by atoms with Crippen LogP contribution in [0.4, 0.5) is 0 Å². The fourth-order valence-electron chi connectivity index (χ4n) is 1.78. The fraction of sp³-hybridized carbons (Fsp3) is 0.667. The molecule has 0 saturated heterocycles. The molecule has 1 heterocycles. The summed E-state index contributed by atoms with van der Waals surface area (Å²) in [6.07, 6.45) is 7.30. The number of furan rings is 1. The number of nitrogens with one attached hydrogen (secondary N) is 1. The van der Waals surface area contributed by atoms with Crippen LogP contribution in [0.2, 0.25) is 0 Å². The van der Waals surface area contributed by atoms with Crippen molar-refractivity contribution >= 4 is 0 Å². The van der Waals surface area contributed by atoms with E-state index in [1.807, 2.05) is 6.26 Å². The van der Waals surface area contributed by atoms with E-state index in [-0.39, 0.29) is 0 Å². The molecular formula is C12H21NO. The Kier molecular flexibility index (Phi) is 5.38. The van der Waals surface area contributed by atoms with Crippen LogP contribution in [0.15, 0.2) is 23.0 Å². The SMILES string of the molecule is CCCC(CNCC)Cc1ccoc1. The highest BCUT2D eigenvalue weighted by atomic mass is 16.3. The Labute approximate surface area is 86.7 Å². The van der Waals surface area contributed by atoms with Crippen molar-refractivity contribution in [2.45, 2.75) is 33.1 Å². The van der Waals surface area contributed by atoms with Crippen LogP contribution in [0.1, 0.15) is 32.3 Å². The van der Waals surface area contributed by atoms with Gasteiger partial charge in [-0.25, -0.2) is 0 Å². The van der Waals surface area contributed by atoms with Crippen molar-refractivity contribution in [3.8, 4) is 0 Å². The van der Waals surface area contributed by atoms with Crippen LogP contribution >= 0.6 is 0 Å². The molecule has 0 aliphatic rings. The molecule has 1 N–H and O–H groups in total. The first-order chi connectivity index (χ1) is 6.86. The molecule has 2 nitrogen and oxygen atoms in total. The average Bonchev–Trinajstić information content (AvgIpc) is 2.67. The highest BCUT2D eigenvalue weighted by Crippen LogP contribution is 2.13. The second-order valence-corrected chi connectivity index (χ2v) is 3.80. The van der Waals surface area contributed by atoms with Crippen LogP contribution in [0, 0.1) is 5.92 Å². The van der Waals surface area contributed by atoms with Crippen LogP contribution in [0.3, 0.4) is 0 Å². The van der Waals surface area contributed by atoms with Crippen molar-refractivity contribution in [3.05, 3.63) is 24.2 Å². The van der Waals surface area contributed by atoms with E-state index >= 15 is 0 Å². The Bertz CT molecular complexity index is 218. The summed E-state index contributed by atoms with van der Waals surface area (Å²) in [6.45, 7) is 6.58. The maximum absolute atomic E-state index is 5.08. The van der Waals surface area contributed by atoms with Gasteiger partial charge in [-0.3, -0.25) is 0 Å². The zero-order valence-corrected chi connectivity index (χ0v) is 9.25. The van der Waals surface area contributed by atoms with Crippen LogP contribution in [-0.2, 0) is 6.42 Å². The standard InChI is InChI=1S/C12H21NO/c1-3-5-11(9-13-4-2)8-12-6-7-14-10-12/h6-7,10-11,13H,3-5,8-9H2,1-2H3. The highest BCUT2D eigenvalue weighted by molar-refractivity contribution is 5.06. The van der Waals surface area contributed by atoms with Gasteiger partial charge in [0.1, 0.15) is 0 Å². The molecule has 0 amide bonds. The summed E-state index contributed by atoms with van der Waals surface area (Å²) < 4.78 is 5.08. The lowest BCUT2D eigenvalue weighted by atomic mass is 9.96. The van der Waals surface area contributed by atoms with Gasteiger partial charge in [-0.1, -0.05) is 20.3 Å². The lowest BCUT2D eigenvalue weighted by Crippen LogP contribution is -2.23. The molecule has 0 aromatic carbocycles. The summed E-state index contributed by atoms with van der Waals surface area (Å²) in [6, 6.07) is 2.06. The van der Waals surface area contributed by atoms with Crippen LogP contribution in [0.5, 0.6) is 0 Å². The molecule has 1 rings (SSSR count). The molecular weight excluding hydrogens is 174 g/mol. The van der Waals surface area contributed by atoms with Gasteiger partial charge in [0.2, 0.25) is 0 Å². The first kappa shape index (κ1) is 11.3. The van der Waals surface area contributed by atoms with Crippen molar-refractivity contribution in [1.29, 1.82) is 0 Å². The molecule has 1 aromatic rings. The lowest BCUT2D eigenvalue weighted by Gasteiger charge is -2.15. The summed E-state index contributed by atoms with van der Waals surface area (Å²) in [5, 5.41) is 3.41. The predicted octanol–water partition coefficient (Wildman–Crippen LogP) is 2.85. The van der Waals surface area contributed by atoms with Crippen LogP contribution < -0.4 is 5.32 Å². The van der Waals surface area contributed by atoms with Gasteiger partial charge in [0.25, 0.3) is 0 Å². The Balaban J connectivity index is 2.34. The molecule has 0 radical (unpaired) electrons. The summed E-state index contributed by atoms with van der Waals surface area (Å²) in [5.41, 5.74) is 1.32. The van der Waals surface area contributed by atoms with Gasteiger partial charge in [-0.2, -0.15) is 0 Å². The van der Waals surface area contributed by atoms with Gasteiger partial charge in [0.05, 0.1) is 12.5 Å². The number of hydrogen-bond donors (Lipinski definition) is 1. The molecule has 0 fully saturated rings. The van der Waals surface area contributed by atoms with E-state index in [0.29, 0.717) is 0 Å². The molecule has 0 aliphatic carbocycles. The van der Waals surface area contributed by atoms with Crippen molar-refractivity contribution in [2.24, 2.45) is 5.92 Å². The molecule has 0 spiro atoms. The van der Waals surface area contributed by atoms with Gasteiger partial charge in [0, 0.05) is 0 Å². The first-order valence-corrected chi connectivity index (χ1v) is 5.58. The fourth-order valence-corrected chi connectivity index (χ4v) is 1.78. The zero-order chi connectivity index (χ0) is 10.2. The minimum absolute atomic E-state index is 0.748. The van der Waals surface area contributed by atoms with E-state index in [0.717, 1.165) is 25.4 Å². The third-order valence-corrected chi connectivity index (χ3v) is 2.48. The molecule has 1 atom stereocenters. The maximum Gasteiger partial charge on any atom is 0.0934 e. The quantitative estimate of drug-likeness (QED) is 0.723. The van der Waals surface area contributed by atoms with E-state index in [2.05, 4.69) is 25.2 Å². The first-order valence-electron chi connectivity index (χ1n) is 5.58. The van der Waals surface area contributed by atoms with Crippen LogP contribution in [0.25, 0.3) is 0 Å². The normalized spacial score (nSPS) is 13.0. The van der Waals surface area contributed by atoms with Gasteiger partial charge >= 0.3 is 0 Å². The minimum Gasteiger partial charge on any atom is -0.472 e. The van der Waals surface area contributed by atoms with Crippen molar-refractivity contribution in [3.63, 3.8) is 0 Å². The molecule has 0 aliphatic heterocycles. The zero-order valence-electron chi connectivity index (χ0n) is 9.25. The summed E-state index contributed by atoms with van der Waals surface area (Å²) in [4.78, 5) is 0. The highest BCUT2D eigenvalue weighted by Gasteiger charge is 2.08. The molecule has 2 heteroatoms. The minimum atomic E-state index is 0.748. The molecule has 80 valence electrons. The third-order valence-electron chi connectivity index (χ3n) is 2.48.